The van der Waals surface area contributed by atoms with Crippen LogP contribution in [0.5, 0.6) is 17.2 Å². The highest BCUT2D eigenvalue weighted by atomic mass is 79.9. The molecule has 1 amide bonds. The fourth-order valence-electron chi connectivity index (χ4n) is 3.58. The summed E-state index contributed by atoms with van der Waals surface area (Å²) >= 11 is 3.39. The quantitative estimate of drug-likeness (QED) is 0.343. The summed E-state index contributed by atoms with van der Waals surface area (Å²) in [6.45, 7) is 9.23. The lowest BCUT2D eigenvalue weighted by atomic mass is 10.1. The van der Waals surface area contributed by atoms with E-state index in [-0.39, 0.29) is 22.8 Å². The topological polar surface area (TPSA) is 91.4 Å². The molecule has 10 heteroatoms. The molecule has 1 aliphatic rings. The number of benzene rings is 2. The molecule has 0 saturated carbocycles. The maximum atomic E-state index is 12.2. The summed E-state index contributed by atoms with van der Waals surface area (Å²) in [6, 6.07) is 11.9. The van der Waals surface area contributed by atoms with E-state index in [9.17, 15) is 13.2 Å². The second-order valence-electron chi connectivity index (χ2n) is 9.46. The van der Waals surface area contributed by atoms with Crippen molar-refractivity contribution in [3.05, 3.63) is 46.9 Å². The van der Waals surface area contributed by atoms with Gasteiger partial charge in [-0.3, -0.25) is 0 Å². The zero-order valence-electron chi connectivity index (χ0n) is 21.2. The number of carbonyl (C=O) groups is 1. The average Bonchev–Trinajstić information content (AvgIpc) is 2.82. The average molecular weight is 585 g/mol. The van der Waals surface area contributed by atoms with E-state index < -0.39 is 15.4 Å². The van der Waals surface area contributed by atoms with Crippen molar-refractivity contribution in [2.45, 2.75) is 57.1 Å². The molecule has 0 bridgehead atoms. The minimum absolute atomic E-state index is 0.0357. The maximum Gasteiger partial charge on any atom is 0.410 e. The summed E-state index contributed by atoms with van der Waals surface area (Å²) in [5.74, 6) is 1.74. The number of amides is 1. The number of likely N-dealkylation sites (tertiary alicyclic amines) is 1. The van der Waals surface area contributed by atoms with Crippen LogP contribution in [0.4, 0.5) is 4.79 Å². The van der Waals surface area contributed by atoms with Gasteiger partial charge in [0, 0.05) is 19.2 Å². The molecule has 3 rings (SSSR count). The summed E-state index contributed by atoms with van der Waals surface area (Å²) < 4.78 is 47.8. The van der Waals surface area contributed by atoms with Crippen LogP contribution in [0.3, 0.4) is 0 Å². The van der Waals surface area contributed by atoms with Crippen LogP contribution in [0.25, 0.3) is 0 Å². The Morgan fingerprint density at radius 2 is 1.75 bits per heavy atom. The predicted octanol–water partition coefficient (Wildman–Crippen LogP) is 5.83. The Morgan fingerprint density at radius 3 is 2.39 bits per heavy atom. The minimum Gasteiger partial charge on any atom is -0.491 e. The van der Waals surface area contributed by atoms with Crippen LogP contribution >= 0.6 is 15.9 Å². The van der Waals surface area contributed by atoms with Crippen molar-refractivity contribution >= 4 is 31.9 Å². The highest BCUT2D eigenvalue weighted by Crippen LogP contribution is 2.33. The molecule has 36 heavy (non-hydrogen) atoms. The van der Waals surface area contributed by atoms with Gasteiger partial charge in [-0.05, 0) is 79.9 Å². The van der Waals surface area contributed by atoms with Gasteiger partial charge in [-0.1, -0.05) is 13.0 Å². The van der Waals surface area contributed by atoms with Gasteiger partial charge in [-0.15, -0.1) is 0 Å². The van der Waals surface area contributed by atoms with Crippen molar-refractivity contribution in [2.75, 3.05) is 32.1 Å². The smallest absolute Gasteiger partial charge is 0.410 e. The van der Waals surface area contributed by atoms with Gasteiger partial charge in [-0.25, -0.2) is 13.2 Å². The number of rotatable bonds is 9. The standard InChI is InChI=1S/C26H34BrNO7S/c1-5-36(30,31)22-9-10-24(23(27)18-22)34-21-8-6-7-20(17-21)33-16-15-32-19-11-13-28(14-12-19)25(29)35-26(2,3)4/h6-10,17-19H,5,11-16H2,1-4H3. The summed E-state index contributed by atoms with van der Waals surface area (Å²) in [6.07, 6.45) is 1.32. The van der Waals surface area contributed by atoms with Crippen LogP contribution in [0.15, 0.2) is 51.8 Å². The molecule has 2 aromatic carbocycles. The number of halogens is 1. The molecular formula is C26H34BrNO7S. The van der Waals surface area contributed by atoms with Crippen LogP contribution < -0.4 is 9.47 Å². The Hall–Kier alpha value is -2.30. The van der Waals surface area contributed by atoms with E-state index in [1.807, 2.05) is 32.9 Å². The maximum absolute atomic E-state index is 12.2. The highest BCUT2D eigenvalue weighted by molar-refractivity contribution is 9.10. The fourth-order valence-corrected chi connectivity index (χ4v) is 5.10. The zero-order chi connectivity index (χ0) is 26.3. The van der Waals surface area contributed by atoms with Gasteiger partial charge >= 0.3 is 6.09 Å². The van der Waals surface area contributed by atoms with E-state index in [0.29, 0.717) is 48.0 Å². The lowest BCUT2D eigenvalue weighted by molar-refractivity contribution is -0.0177. The number of ether oxygens (including phenoxy) is 4. The van der Waals surface area contributed by atoms with Gasteiger partial charge in [0.2, 0.25) is 0 Å². The second kappa shape index (κ2) is 12.3. The van der Waals surface area contributed by atoms with Crippen LogP contribution in [0.2, 0.25) is 0 Å². The molecule has 0 radical (unpaired) electrons. The molecule has 0 aromatic heterocycles. The molecule has 1 saturated heterocycles. The first-order valence-corrected chi connectivity index (χ1v) is 14.4. The third-order valence-electron chi connectivity index (χ3n) is 5.48. The summed E-state index contributed by atoms with van der Waals surface area (Å²) in [4.78, 5) is 14.1. The number of carbonyl (C=O) groups excluding carboxylic acids is 1. The first kappa shape index (κ1) is 28.3. The minimum atomic E-state index is -3.29. The van der Waals surface area contributed by atoms with Crippen molar-refractivity contribution in [1.29, 1.82) is 0 Å². The number of hydrogen-bond acceptors (Lipinski definition) is 7. The van der Waals surface area contributed by atoms with E-state index in [1.165, 1.54) is 6.07 Å². The first-order valence-electron chi connectivity index (χ1n) is 12.0. The van der Waals surface area contributed by atoms with Gasteiger partial charge in [0.15, 0.2) is 9.84 Å². The van der Waals surface area contributed by atoms with Crippen LogP contribution in [0, 0.1) is 0 Å². The molecule has 0 aliphatic carbocycles. The lowest BCUT2D eigenvalue weighted by Gasteiger charge is -2.33. The van der Waals surface area contributed by atoms with Gasteiger partial charge in [0.1, 0.15) is 29.5 Å². The molecular weight excluding hydrogens is 550 g/mol. The van der Waals surface area contributed by atoms with Gasteiger partial charge in [0.05, 0.1) is 27.8 Å². The van der Waals surface area contributed by atoms with E-state index in [0.717, 1.165) is 12.8 Å². The summed E-state index contributed by atoms with van der Waals surface area (Å²) in [7, 11) is -3.29. The molecule has 0 atom stereocenters. The molecule has 0 N–H and O–H groups in total. The van der Waals surface area contributed by atoms with E-state index in [1.54, 1.807) is 36.1 Å². The molecule has 1 heterocycles. The third-order valence-corrected chi connectivity index (χ3v) is 7.83. The SMILES string of the molecule is CCS(=O)(=O)c1ccc(Oc2cccc(OCCOC3CCN(C(=O)OC(C)(C)C)CC3)c2)c(Br)c1. The Morgan fingerprint density at radius 1 is 1.06 bits per heavy atom. The lowest BCUT2D eigenvalue weighted by Crippen LogP contribution is -2.43. The predicted molar refractivity (Wildman–Crippen MR) is 141 cm³/mol. The molecule has 0 spiro atoms. The van der Waals surface area contributed by atoms with Gasteiger partial charge in [-0.2, -0.15) is 0 Å². The molecule has 8 nitrogen and oxygen atoms in total. The van der Waals surface area contributed by atoms with Gasteiger partial charge < -0.3 is 23.8 Å². The van der Waals surface area contributed by atoms with Crippen LogP contribution in [0.1, 0.15) is 40.5 Å². The molecule has 0 unspecified atom stereocenters. The zero-order valence-corrected chi connectivity index (χ0v) is 23.6. The molecule has 1 fully saturated rings. The molecule has 2 aromatic rings. The number of nitrogens with zero attached hydrogens (tertiary/aromatic N) is 1. The van der Waals surface area contributed by atoms with Crippen molar-refractivity contribution in [2.24, 2.45) is 0 Å². The fraction of sp³-hybridized carbons (Fsp3) is 0.500. The van der Waals surface area contributed by atoms with E-state index in [4.69, 9.17) is 18.9 Å². The van der Waals surface area contributed by atoms with E-state index in [2.05, 4.69) is 15.9 Å². The monoisotopic (exact) mass is 583 g/mol. The number of hydrogen-bond donors (Lipinski definition) is 0. The summed E-state index contributed by atoms with van der Waals surface area (Å²) in [5.41, 5.74) is -0.497. The number of sulfone groups is 1. The van der Waals surface area contributed by atoms with E-state index >= 15 is 0 Å². The first-order chi connectivity index (χ1) is 17.0. The van der Waals surface area contributed by atoms with Crippen molar-refractivity contribution in [1.82, 2.24) is 4.90 Å². The second-order valence-corrected chi connectivity index (χ2v) is 12.6. The van der Waals surface area contributed by atoms with Crippen molar-refractivity contribution in [3.63, 3.8) is 0 Å². The van der Waals surface area contributed by atoms with Gasteiger partial charge in [0.25, 0.3) is 0 Å². The number of piperidine rings is 1. The Labute approximate surface area is 221 Å². The largest absolute Gasteiger partial charge is 0.491 e. The van der Waals surface area contributed by atoms with Crippen LogP contribution in [-0.4, -0.2) is 63.2 Å². The van der Waals surface area contributed by atoms with Crippen molar-refractivity contribution < 1.29 is 32.2 Å². The van der Waals surface area contributed by atoms with Crippen molar-refractivity contribution in [3.8, 4) is 17.2 Å². The Bertz CT molecular complexity index is 1140. The Balaban J connectivity index is 1.43. The Kier molecular flexibility index (Phi) is 9.66. The molecule has 198 valence electrons. The normalized spacial score (nSPS) is 15.0. The van der Waals surface area contributed by atoms with Crippen LogP contribution in [-0.2, 0) is 19.3 Å². The summed E-state index contributed by atoms with van der Waals surface area (Å²) in [5, 5.41) is 0. The third kappa shape index (κ3) is 8.38. The highest BCUT2D eigenvalue weighted by Gasteiger charge is 2.27. The molecule has 1 aliphatic heterocycles.